The number of imidazole rings is 2. The van der Waals surface area contributed by atoms with Crippen LogP contribution in [0.1, 0.15) is 94.1 Å². The van der Waals surface area contributed by atoms with Gasteiger partial charge in [-0.15, -0.1) is 0 Å². The average molecular weight is 769 g/mol. The Kier molecular flexibility index (Phi) is 11.2. The normalized spacial score (nSPS) is 21.3. The maximum Gasteiger partial charge on any atom is 0.404 e. The maximum atomic E-state index is 14.2. The molecule has 0 spiro atoms. The number of hydrogen-bond acceptors (Lipinski definition) is 7. The lowest BCUT2D eigenvalue weighted by atomic mass is 10.0. The number of nitrogens with one attached hydrogen (secondary N) is 2. The molecule has 2 aromatic heterocycles. The number of nitrogens with zero attached hydrogens (tertiary/aromatic N) is 5. The second-order valence-corrected chi connectivity index (χ2v) is 15.5. The van der Waals surface area contributed by atoms with Gasteiger partial charge in [-0.3, -0.25) is 14.5 Å². The highest BCUT2D eigenvalue weighted by Crippen LogP contribution is 2.38. The Bertz CT molecular complexity index is 2160. The molecule has 4 N–H and O–H groups in total. The summed E-state index contributed by atoms with van der Waals surface area (Å²) in [6, 6.07) is 26.5. The molecule has 8 rings (SSSR count). The number of amides is 3. The molecular weight excluding hydrogens is 717 g/mol. The van der Waals surface area contributed by atoms with Gasteiger partial charge in [-0.05, 0) is 85.9 Å². The topological polar surface area (TPSA) is 154 Å². The number of rotatable bonds is 12. The van der Waals surface area contributed by atoms with Crippen molar-refractivity contribution in [3.8, 4) is 33.6 Å². The van der Waals surface area contributed by atoms with Crippen LogP contribution in [0.3, 0.4) is 0 Å². The summed E-state index contributed by atoms with van der Waals surface area (Å²) >= 11 is 0. The number of hydrogen-bond donors (Lipinski definition) is 3. The predicted molar refractivity (Wildman–Crippen MR) is 218 cm³/mol. The van der Waals surface area contributed by atoms with E-state index >= 15 is 0 Å². The van der Waals surface area contributed by atoms with Gasteiger partial charge in [0.25, 0.3) is 0 Å². The van der Waals surface area contributed by atoms with E-state index in [1.165, 1.54) is 0 Å². The molecule has 5 aromatic rings. The summed E-state index contributed by atoms with van der Waals surface area (Å²) in [5.41, 5.74) is 12.3. The van der Waals surface area contributed by atoms with Crippen molar-refractivity contribution in [1.82, 2.24) is 34.6 Å². The van der Waals surface area contributed by atoms with Gasteiger partial charge in [0.2, 0.25) is 11.8 Å². The lowest BCUT2D eigenvalue weighted by Crippen LogP contribution is -2.43. The number of likely N-dealkylation sites (N-methyl/N-ethyl adjacent to an activating group) is 1. The summed E-state index contributed by atoms with van der Waals surface area (Å²) in [6.07, 6.45) is 8.12. The summed E-state index contributed by atoms with van der Waals surface area (Å²) in [5, 5.41) is 0. The minimum absolute atomic E-state index is 0.0902. The van der Waals surface area contributed by atoms with Gasteiger partial charge < -0.3 is 30.2 Å². The number of ether oxygens (including phenoxy) is 1. The van der Waals surface area contributed by atoms with E-state index in [0.717, 1.165) is 96.2 Å². The van der Waals surface area contributed by atoms with E-state index < -0.39 is 6.09 Å². The van der Waals surface area contributed by atoms with Crippen LogP contribution in [0.15, 0.2) is 91.3 Å². The number of nitrogens with two attached hydrogens (primary N) is 1. The molecule has 57 heavy (non-hydrogen) atoms. The molecule has 2 unspecified atom stereocenters. The van der Waals surface area contributed by atoms with Crippen molar-refractivity contribution in [3.05, 3.63) is 108 Å². The summed E-state index contributed by atoms with van der Waals surface area (Å²) in [4.78, 5) is 61.7. The van der Waals surface area contributed by atoms with Crippen molar-refractivity contribution >= 4 is 17.9 Å². The number of aromatic nitrogens is 4. The first kappa shape index (κ1) is 38.1. The second kappa shape index (κ2) is 16.8. The van der Waals surface area contributed by atoms with Crippen LogP contribution < -0.4 is 5.73 Å². The lowest BCUT2D eigenvalue weighted by molar-refractivity contribution is -0.138. The summed E-state index contributed by atoms with van der Waals surface area (Å²) < 4.78 is 5.16. The number of likely N-dealkylation sites (tertiary alicyclic amines) is 2. The van der Waals surface area contributed by atoms with Gasteiger partial charge in [-0.1, -0.05) is 92.7 Å². The first-order valence-electron chi connectivity index (χ1n) is 20.5. The van der Waals surface area contributed by atoms with E-state index in [1.807, 2.05) is 40.4 Å². The van der Waals surface area contributed by atoms with Crippen molar-refractivity contribution in [2.45, 2.75) is 83.0 Å². The Morgan fingerprint density at radius 1 is 0.737 bits per heavy atom. The third kappa shape index (κ3) is 7.96. The molecule has 296 valence electrons. The molecule has 12 heteroatoms. The first-order chi connectivity index (χ1) is 27.8. The van der Waals surface area contributed by atoms with E-state index in [0.29, 0.717) is 25.8 Å². The largest absolute Gasteiger partial charge is 0.446 e. The summed E-state index contributed by atoms with van der Waals surface area (Å²) in [5.74, 6) is 1.69. The fraction of sp³-hybridized carbons (Fsp3) is 0.400. The highest BCUT2D eigenvalue weighted by molar-refractivity contribution is 5.84. The third-order valence-corrected chi connectivity index (χ3v) is 12.2. The number of benzene rings is 3. The minimum atomic E-state index is -0.785. The Labute approximate surface area is 333 Å². The minimum Gasteiger partial charge on any atom is -0.446 e. The lowest BCUT2D eigenvalue weighted by Gasteiger charge is -2.34. The van der Waals surface area contributed by atoms with E-state index in [4.69, 9.17) is 20.4 Å². The number of aromatic amines is 2. The van der Waals surface area contributed by atoms with Crippen LogP contribution in [0.2, 0.25) is 0 Å². The van der Waals surface area contributed by atoms with Crippen LogP contribution in [-0.4, -0.2) is 84.8 Å². The van der Waals surface area contributed by atoms with E-state index in [2.05, 4.69) is 89.4 Å². The van der Waals surface area contributed by atoms with Gasteiger partial charge in [0, 0.05) is 19.0 Å². The second-order valence-electron chi connectivity index (χ2n) is 15.5. The number of carbonyl (C=O) groups excluding carboxylic acids is 3. The van der Waals surface area contributed by atoms with Gasteiger partial charge in [0.1, 0.15) is 23.8 Å². The fourth-order valence-electron chi connectivity index (χ4n) is 9.18. The molecule has 3 aromatic carbocycles. The number of H-pyrrole nitrogens is 2. The number of primary amides is 1. The van der Waals surface area contributed by atoms with Gasteiger partial charge in [-0.2, -0.15) is 0 Å². The van der Waals surface area contributed by atoms with Crippen LogP contribution in [-0.2, 0) is 14.3 Å². The molecule has 3 amide bonds. The average Bonchev–Trinajstić information content (AvgIpc) is 4.09. The van der Waals surface area contributed by atoms with Gasteiger partial charge in [0.15, 0.2) is 0 Å². The van der Waals surface area contributed by atoms with Crippen LogP contribution in [0.4, 0.5) is 4.79 Å². The van der Waals surface area contributed by atoms with Crippen LogP contribution in [0.25, 0.3) is 33.6 Å². The molecular formula is C45H52N8O4. The van der Waals surface area contributed by atoms with Gasteiger partial charge in [0.05, 0.1) is 35.9 Å². The zero-order valence-electron chi connectivity index (χ0n) is 32.8. The molecule has 12 nitrogen and oxygen atoms in total. The molecule has 3 fully saturated rings. The Hall–Kier alpha value is -5.75. The summed E-state index contributed by atoms with van der Waals surface area (Å²) in [6.45, 7) is 7.22. The van der Waals surface area contributed by atoms with Crippen molar-refractivity contribution in [1.29, 1.82) is 0 Å². The quantitative estimate of drug-likeness (QED) is 0.117. The van der Waals surface area contributed by atoms with E-state index in [9.17, 15) is 14.4 Å². The smallest absolute Gasteiger partial charge is 0.404 e. The standard InChI is InChI=1S/C45H52N8O4/c1-3-51(4-2)40(33-10-6-5-7-11-33)44(55)53-25-9-13-39(53)42-48-28-37(50-42)32-20-16-30(17-21-32)29-14-18-31(19-15-29)36-27-47-41(49-36)38-12-8-24-52(38)43(54)34-22-23-35(26-34)57-45(46)56/h5-7,10-11,14-21,27-28,34-35,38-40H,3-4,8-9,12-13,22-26H2,1-2H3,(H2,46,56)(H,47,49)(H,48,50)/t34-,35+,38+,39?,40?/m1/s1. The SMILES string of the molecule is CCN(CC)C(C(=O)N1CCCC1c1ncc(-c2ccc(-c3ccc(-c4cnc([C@@H]5CCCN5C(=O)[C@@H]5CC[C@H](OC(N)=O)C5)[nH]4)cc3)cc2)[nH]1)c1ccccc1. The zero-order chi connectivity index (χ0) is 39.5. The van der Waals surface area contributed by atoms with Gasteiger partial charge >= 0.3 is 6.09 Å². The Morgan fingerprint density at radius 3 is 1.81 bits per heavy atom. The van der Waals surface area contributed by atoms with E-state index in [-0.39, 0.29) is 42.0 Å². The van der Waals surface area contributed by atoms with Crippen LogP contribution >= 0.6 is 0 Å². The van der Waals surface area contributed by atoms with E-state index in [1.54, 1.807) is 0 Å². The Morgan fingerprint density at radius 2 is 1.26 bits per heavy atom. The van der Waals surface area contributed by atoms with Crippen molar-refractivity contribution in [3.63, 3.8) is 0 Å². The monoisotopic (exact) mass is 768 g/mol. The molecule has 4 heterocycles. The molecule has 2 aliphatic heterocycles. The maximum absolute atomic E-state index is 14.2. The van der Waals surface area contributed by atoms with Crippen molar-refractivity contribution in [2.75, 3.05) is 26.2 Å². The molecule has 5 atom stereocenters. The molecule has 3 aliphatic rings. The molecule has 0 bridgehead atoms. The predicted octanol–water partition coefficient (Wildman–Crippen LogP) is 7.81. The molecule has 1 aliphatic carbocycles. The van der Waals surface area contributed by atoms with Crippen molar-refractivity contribution in [2.24, 2.45) is 11.7 Å². The molecule has 2 saturated heterocycles. The zero-order valence-corrected chi connectivity index (χ0v) is 32.8. The highest BCUT2D eigenvalue weighted by Gasteiger charge is 2.40. The van der Waals surface area contributed by atoms with Crippen molar-refractivity contribution < 1.29 is 19.1 Å². The summed E-state index contributed by atoms with van der Waals surface area (Å²) in [7, 11) is 0. The number of carbonyl (C=O) groups is 3. The molecule has 1 saturated carbocycles. The van der Waals surface area contributed by atoms with Crippen LogP contribution in [0.5, 0.6) is 0 Å². The molecule has 0 radical (unpaired) electrons. The first-order valence-corrected chi connectivity index (χ1v) is 20.5. The fourth-order valence-corrected chi connectivity index (χ4v) is 9.18. The van der Waals surface area contributed by atoms with Gasteiger partial charge in [-0.25, -0.2) is 14.8 Å². The third-order valence-electron chi connectivity index (χ3n) is 12.2. The van der Waals surface area contributed by atoms with Crippen LogP contribution in [0, 0.1) is 5.92 Å². The Balaban J connectivity index is 0.913. The highest BCUT2D eigenvalue weighted by atomic mass is 16.6.